The van der Waals surface area contributed by atoms with Crippen molar-refractivity contribution in [3.8, 4) is 17.6 Å². The normalized spacial score (nSPS) is 20.0. The Labute approximate surface area is 163 Å². The number of carbonyl (C=O) groups excluding carboxylic acids is 1. The lowest BCUT2D eigenvalue weighted by molar-refractivity contribution is -0.118. The molecule has 1 aliphatic carbocycles. The molecule has 4 rings (SSSR count). The van der Waals surface area contributed by atoms with Crippen LogP contribution in [0.1, 0.15) is 43.9 Å². The van der Waals surface area contributed by atoms with Gasteiger partial charge in [0.2, 0.25) is 0 Å². The minimum atomic E-state index is -0.460. The number of allylic oxidation sites excluding steroid dienone is 2. The van der Waals surface area contributed by atoms with Gasteiger partial charge in [0.1, 0.15) is 35.0 Å². The molecule has 0 saturated heterocycles. The molecule has 1 atom stereocenters. The van der Waals surface area contributed by atoms with E-state index in [0.717, 1.165) is 17.7 Å². The van der Waals surface area contributed by atoms with E-state index in [-0.39, 0.29) is 11.2 Å². The van der Waals surface area contributed by atoms with Crippen LogP contribution in [-0.4, -0.2) is 29.8 Å². The Bertz CT molecular complexity index is 1040. The van der Waals surface area contributed by atoms with Crippen molar-refractivity contribution in [3.63, 3.8) is 0 Å². The lowest BCUT2D eigenvalue weighted by Gasteiger charge is -2.39. The van der Waals surface area contributed by atoms with Crippen LogP contribution >= 0.6 is 0 Å². The number of methoxy groups -OCH3 is 2. The van der Waals surface area contributed by atoms with E-state index in [1.165, 1.54) is 6.20 Å². The molecule has 1 aromatic carbocycles. The van der Waals surface area contributed by atoms with Gasteiger partial charge in [-0.05, 0) is 24.0 Å². The number of ether oxygens (including phenoxy) is 2. The number of nitrogens with zero attached hydrogens (tertiary/aromatic N) is 3. The molecule has 2 heterocycles. The van der Waals surface area contributed by atoms with Crippen LogP contribution < -0.4 is 14.8 Å². The second kappa shape index (κ2) is 6.41. The molecule has 7 nitrogen and oxygen atoms in total. The molecule has 1 unspecified atom stereocenters. The fourth-order valence-corrected chi connectivity index (χ4v) is 4.12. The molecular weight excluding hydrogens is 356 g/mol. The Balaban J connectivity index is 1.96. The van der Waals surface area contributed by atoms with Gasteiger partial charge in [-0.25, -0.2) is 4.68 Å². The second-order valence-corrected chi connectivity index (χ2v) is 7.93. The number of Topliss-reactive ketones (excluding diaryl/α,β-unsaturated/α-hetero) is 1. The van der Waals surface area contributed by atoms with Gasteiger partial charge < -0.3 is 14.8 Å². The number of fused-ring (bicyclic) bond motifs is 1. The minimum absolute atomic E-state index is 0.0845. The van der Waals surface area contributed by atoms with Gasteiger partial charge in [0, 0.05) is 29.3 Å². The second-order valence-electron chi connectivity index (χ2n) is 7.93. The van der Waals surface area contributed by atoms with Gasteiger partial charge >= 0.3 is 0 Å². The molecule has 0 amide bonds. The van der Waals surface area contributed by atoms with Crippen molar-refractivity contribution in [2.24, 2.45) is 5.41 Å². The molecule has 2 aliphatic rings. The smallest absolute Gasteiger partial charge is 0.163 e. The van der Waals surface area contributed by atoms with E-state index in [2.05, 4.69) is 30.3 Å². The van der Waals surface area contributed by atoms with E-state index in [9.17, 15) is 10.1 Å². The number of nitriles is 1. The van der Waals surface area contributed by atoms with Crippen LogP contribution in [0.25, 0.3) is 0 Å². The maximum Gasteiger partial charge on any atom is 0.163 e. The van der Waals surface area contributed by atoms with Crippen LogP contribution in [0.4, 0.5) is 5.82 Å². The summed E-state index contributed by atoms with van der Waals surface area (Å²) in [5.74, 6) is 1.96. The first-order valence-corrected chi connectivity index (χ1v) is 9.11. The summed E-state index contributed by atoms with van der Waals surface area (Å²) >= 11 is 0. The number of aromatic nitrogens is 2. The molecule has 1 N–H and O–H groups in total. The Morgan fingerprint density at radius 1 is 1.29 bits per heavy atom. The van der Waals surface area contributed by atoms with Crippen molar-refractivity contribution in [1.82, 2.24) is 9.78 Å². The quantitative estimate of drug-likeness (QED) is 0.880. The van der Waals surface area contributed by atoms with Crippen LogP contribution in [0.5, 0.6) is 11.5 Å². The number of benzene rings is 1. The first kappa shape index (κ1) is 18.1. The standard InChI is InChI=1S/C21H22N4O3/c1-21(2)8-15-18(16(26)9-21)19(25-20(24-15)12(10-22)11-23-25)14-6-5-13(27-3)7-17(14)28-4/h5-7,11,19,24H,8-9H2,1-4H3. The average molecular weight is 378 g/mol. The van der Waals surface area contributed by atoms with Crippen molar-refractivity contribution in [1.29, 1.82) is 5.26 Å². The Kier molecular flexibility index (Phi) is 4.15. The lowest BCUT2D eigenvalue weighted by atomic mass is 9.73. The molecule has 0 spiro atoms. The van der Waals surface area contributed by atoms with Crippen molar-refractivity contribution in [3.05, 3.63) is 46.8 Å². The van der Waals surface area contributed by atoms with Crippen LogP contribution in [0.15, 0.2) is 35.7 Å². The molecule has 2 aromatic rings. The van der Waals surface area contributed by atoms with E-state index >= 15 is 0 Å². The molecule has 7 heteroatoms. The maximum absolute atomic E-state index is 13.2. The fourth-order valence-electron chi connectivity index (χ4n) is 4.12. The highest BCUT2D eigenvalue weighted by Gasteiger charge is 2.42. The third-order valence-corrected chi connectivity index (χ3v) is 5.36. The highest BCUT2D eigenvalue weighted by molar-refractivity contribution is 6.00. The third-order valence-electron chi connectivity index (χ3n) is 5.36. The summed E-state index contributed by atoms with van der Waals surface area (Å²) in [6, 6.07) is 7.24. The molecule has 144 valence electrons. The summed E-state index contributed by atoms with van der Waals surface area (Å²) in [7, 11) is 3.18. The summed E-state index contributed by atoms with van der Waals surface area (Å²) in [6.07, 6.45) is 2.71. The van der Waals surface area contributed by atoms with Gasteiger partial charge in [-0.1, -0.05) is 13.8 Å². The molecular formula is C21H22N4O3. The summed E-state index contributed by atoms with van der Waals surface area (Å²) in [6.45, 7) is 4.16. The number of hydrogen-bond donors (Lipinski definition) is 1. The number of hydrogen-bond acceptors (Lipinski definition) is 6. The van der Waals surface area contributed by atoms with Crippen LogP contribution in [0, 0.1) is 16.7 Å². The monoisotopic (exact) mass is 378 g/mol. The van der Waals surface area contributed by atoms with Crippen LogP contribution in [0.3, 0.4) is 0 Å². The SMILES string of the molecule is COc1ccc(C2C3=C(CC(C)(C)CC3=O)Nc3c(C#N)cnn32)c(OC)c1. The molecule has 0 radical (unpaired) electrons. The zero-order valence-corrected chi connectivity index (χ0v) is 16.4. The molecule has 1 aromatic heterocycles. The Morgan fingerprint density at radius 2 is 2.07 bits per heavy atom. The Morgan fingerprint density at radius 3 is 2.75 bits per heavy atom. The van der Waals surface area contributed by atoms with Gasteiger partial charge in [-0.2, -0.15) is 10.4 Å². The first-order chi connectivity index (χ1) is 13.4. The summed E-state index contributed by atoms with van der Waals surface area (Å²) in [5.41, 5.74) is 2.64. The van der Waals surface area contributed by atoms with E-state index in [1.807, 2.05) is 12.1 Å². The van der Waals surface area contributed by atoms with Crippen molar-refractivity contribution < 1.29 is 14.3 Å². The molecule has 0 fully saturated rings. The number of nitrogens with one attached hydrogen (secondary N) is 1. The average Bonchev–Trinajstić information content (AvgIpc) is 3.07. The van der Waals surface area contributed by atoms with E-state index in [1.54, 1.807) is 25.0 Å². The highest BCUT2D eigenvalue weighted by atomic mass is 16.5. The van der Waals surface area contributed by atoms with Gasteiger partial charge in [0.15, 0.2) is 5.78 Å². The Hall–Kier alpha value is -3.27. The molecule has 0 bridgehead atoms. The van der Waals surface area contributed by atoms with Gasteiger partial charge in [0.05, 0.1) is 20.4 Å². The largest absolute Gasteiger partial charge is 0.497 e. The zero-order valence-electron chi connectivity index (χ0n) is 16.4. The zero-order chi connectivity index (χ0) is 20.1. The van der Waals surface area contributed by atoms with Crippen molar-refractivity contribution >= 4 is 11.6 Å². The lowest BCUT2D eigenvalue weighted by Crippen LogP contribution is -2.36. The van der Waals surface area contributed by atoms with Crippen molar-refractivity contribution in [2.45, 2.75) is 32.7 Å². The summed E-state index contributed by atoms with van der Waals surface area (Å²) in [5, 5.41) is 17.2. The van der Waals surface area contributed by atoms with Crippen LogP contribution in [0.2, 0.25) is 0 Å². The third kappa shape index (κ3) is 2.73. The molecule has 1 aliphatic heterocycles. The van der Waals surface area contributed by atoms with Gasteiger partial charge in [-0.3, -0.25) is 4.79 Å². The number of anilines is 1. The molecule has 28 heavy (non-hydrogen) atoms. The number of carbonyl (C=O) groups is 1. The van der Waals surface area contributed by atoms with E-state index < -0.39 is 6.04 Å². The van der Waals surface area contributed by atoms with Crippen molar-refractivity contribution in [2.75, 3.05) is 19.5 Å². The van der Waals surface area contributed by atoms with Gasteiger partial charge in [-0.15, -0.1) is 0 Å². The summed E-state index contributed by atoms with van der Waals surface area (Å²) in [4.78, 5) is 13.2. The fraction of sp³-hybridized carbons (Fsp3) is 0.381. The minimum Gasteiger partial charge on any atom is -0.497 e. The number of rotatable bonds is 3. The highest BCUT2D eigenvalue weighted by Crippen LogP contribution is 2.48. The summed E-state index contributed by atoms with van der Waals surface area (Å²) < 4.78 is 12.6. The van der Waals surface area contributed by atoms with Gasteiger partial charge in [0.25, 0.3) is 0 Å². The predicted molar refractivity (Wildman–Crippen MR) is 103 cm³/mol. The van der Waals surface area contributed by atoms with E-state index in [4.69, 9.17) is 9.47 Å². The van der Waals surface area contributed by atoms with E-state index in [0.29, 0.717) is 34.9 Å². The maximum atomic E-state index is 13.2. The predicted octanol–water partition coefficient (Wildman–Crippen LogP) is 3.43. The number of ketones is 1. The molecule has 0 saturated carbocycles. The van der Waals surface area contributed by atoms with Crippen LogP contribution in [-0.2, 0) is 4.79 Å². The topological polar surface area (TPSA) is 89.2 Å². The first-order valence-electron chi connectivity index (χ1n) is 9.11.